The third-order valence-corrected chi connectivity index (χ3v) is 3.84. The Morgan fingerprint density at radius 2 is 2.29 bits per heavy atom. The molecule has 1 aromatic carbocycles. The van der Waals surface area contributed by atoms with Crippen molar-refractivity contribution in [2.45, 2.75) is 25.2 Å². The van der Waals surface area contributed by atoms with E-state index in [1.165, 1.54) is 0 Å². The summed E-state index contributed by atoms with van der Waals surface area (Å²) in [5, 5.41) is 9.27. The largest absolute Gasteiger partial charge is 0.197 e. The number of rotatable bonds is 2. The van der Waals surface area contributed by atoms with E-state index in [9.17, 15) is 5.26 Å². The SMILES string of the molecule is CCC1CC1(C#N)c1ccccc1Br. The van der Waals surface area contributed by atoms with Crippen molar-refractivity contribution in [2.75, 3.05) is 0 Å². The lowest BCUT2D eigenvalue weighted by atomic mass is 9.94. The van der Waals surface area contributed by atoms with Gasteiger partial charge in [0.25, 0.3) is 0 Å². The van der Waals surface area contributed by atoms with Crippen molar-refractivity contribution in [2.24, 2.45) is 5.92 Å². The molecule has 0 bridgehead atoms. The topological polar surface area (TPSA) is 23.8 Å². The number of nitrogens with zero attached hydrogens (tertiary/aromatic N) is 1. The third-order valence-electron chi connectivity index (χ3n) is 3.15. The second kappa shape index (κ2) is 3.40. The Bertz CT molecular complexity index is 394. The number of benzene rings is 1. The summed E-state index contributed by atoms with van der Waals surface area (Å²) in [7, 11) is 0. The van der Waals surface area contributed by atoms with Crippen LogP contribution in [-0.4, -0.2) is 0 Å². The van der Waals surface area contributed by atoms with Crippen LogP contribution in [0.1, 0.15) is 25.3 Å². The van der Waals surface area contributed by atoms with Gasteiger partial charge in [0.1, 0.15) is 0 Å². The molecule has 2 atom stereocenters. The molecule has 1 aliphatic carbocycles. The summed E-state index contributed by atoms with van der Waals surface area (Å²) < 4.78 is 1.07. The maximum absolute atomic E-state index is 9.27. The van der Waals surface area contributed by atoms with Crippen molar-refractivity contribution < 1.29 is 0 Å². The highest BCUT2D eigenvalue weighted by Crippen LogP contribution is 2.56. The molecule has 1 aromatic rings. The average molecular weight is 250 g/mol. The van der Waals surface area contributed by atoms with E-state index in [0.29, 0.717) is 5.92 Å². The van der Waals surface area contributed by atoms with Gasteiger partial charge in [-0.1, -0.05) is 47.5 Å². The molecule has 0 aromatic heterocycles. The van der Waals surface area contributed by atoms with E-state index in [-0.39, 0.29) is 5.41 Å². The first-order valence-electron chi connectivity index (χ1n) is 4.91. The van der Waals surface area contributed by atoms with Crippen molar-refractivity contribution in [1.29, 1.82) is 5.26 Å². The molecule has 0 saturated heterocycles. The molecular formula is C12H12BrN. The molecule has 2 unspecified atom stereocenters. The Balaban J connectivity index is 2.41. The molecule has 72 valence electrons. The van der Waals surface area contributed by atoms with Gasteiger partial charge in [-0.2, -0.15) is 5.26 Å². The predicted molar refractivity (Wildman–Crippen MR) is 59.8 cm³/mol. The van der Waals surface area contributed by atoms with Crippen LogP contribution in [0.4, 0.5) is 0 Å². The van der Waals surface area contributed by atoms with E-state index in [0.717, 1.165) is 22.9 Å². The van der Waals surface area contributed by atoms with Crippen molar-refractivity contribution in [3.8, 4) is 6.07 Å². The average Bonchev–Trinajstić information content (AvgIpc) is 2.93. The smallest absolute Gasteiger partial charge is 0.0865 e. The molecule has 0 amide bonds. The minimum absolute atomic E-state index is 0.200. The van der Waals surface area contributed by atoms with Crippen LogP contribution in [0, 0.1) is 17.2 Å². The highest BCUT2D eigenvalue weighted by atomic mass is 79.9. The van der Waals surface area contributed by atoms with Gasteiger partial charge in [0, 0.05) is 4.47 Å². The molecule has 0 aliphatic heterocycles. The van der Waals surface area contributed by atoms with Gasteiger partial charge in [-0.3, -0.25) is 0 Å². The molecule has 0 N–H and O–H groups in total. The van der Waals surface area contributed by atoms with Gasteiger partial charge in [0.15, 0.2) is 0 Å². The Labute approximate surface area is 92.9 Å². The Morgan fingerprint density at radius 1 is 1.57 bits per heavy atom. The van der Waals surface area contributed by atoms with Crippen LogP contribution in [0.15, 0.2) is 28.7 Å². The molecule has 1 saturated carbocycles. The second-order valence-electron chi connectivity index (χ2n) is 3.87. The lowest BCUT2D eigenvalue weighted by molar-refractivity contribution is 0.699. The first-order chi connectivity index (χ1) is 6.74. The molecule has 1 aliphatic rings. The summed E-state index contributed by atoms with van der Waals surface area (Å²) in [4.78, 5) is 0. The predicted octanol–water partition coefficient (Wildman–Crippen LogP) is 3.64. The van der Waals surface area contributed by atoms with Crippen LogP contribution in [0.5, 0.6) is 0 Å². The fourth-order valence-corrected chi connectivity index (χ4v) is 2.81. The summed E-state index contributed by atoms with van der Waals surface area (Å²) >= 11 is 3.52. The third kappa shape index (κ3) is 1.27. The van der Waals surface area contributed by atoms with Gasteiger partial charge in [0.05, 0.1) is 11.5 Å². The zero-order valence-corrected chi connectivity index (χ0v) is 9.71. The van der Waals surface area contributed by atoms with Crippen LogP contribution < -0.4 is 0 Å². The van der Waals surface area contributed by atoms with Crippen molar-refractivity contribution >= 4 is 15.9 Å². The summed E-state index contributed by atoms with van der Waals surface area (Å²) in [5.41, 5.74) is 0.962. The lowest BCUT2D eigenvalue weighted by Crippen LogP contribution is -2.07. The van der Waals surface area contributed by atoms with Crippen molar-refractivity contribution in [1.82, 2.24) is 0 Å². The number of hydrogen-bond donors (Lipinski definition) is 0. The summed E-state index contributed by atoms with van der Waals surface area (Å²) in [6, 6.07) is 10.5. The van der Waals surface area contributed by atoms with E-state index in [1.54, 1.807) is 0 Å². The Morgan fingerprint density at radius 3 is 2.79 bits per heavy atom. The molecule has 1 fully saturated rings. The van der Waals surface area contributed by atoms with Crippen LogP contribution in [-0.2, 0) is 5.41 Å². The maximum Gasteiger partial charge on any atom is 0.0865 e. The van der Waals surface area contributed by atoms with Gasteiger partial charge >= 0.3 is 0 Å². The van der Waals surface area contributed by atoms with E-state index < -0.39 is 0 Å². The molecule has 2 heteroatoms. The standard InChI is InChI=1S/C12H12BrN/c1-2-9-7-12(9,8-14)10-5-3-4-6-11(10)13/h3-6,9H,2,7H2,1H3. The van der Waals surface area contributed by atoms with Gasteiger partial charge in [0.2, 0.25) is 0 Å². The summed E-state index contributed by atoms with van der Waals surface area (Å²) in [6.07, 6.45) is 2.11. The van der Waals surface area contributed by atoms with Crippen LogP contribution in [0.25, 0.3) is 0 Å². The van der Waals surface area contributed by atoms with E-state index in [2.05, 4.69) is 35.0 Å². The quantitative estimate of drug-likeness (QED) is 0.786. The van der Waals surface area contributed by atoms with Crippen LogP contribution in [0.2, 0.25) is 0 Å². The monoisotopic (exact) mass is 249 g/mol. The normalized spacial score (nSPS) is 29.6. The van der Waals surface area contributed by atoms with Gasteiger partial charge in [-0.05, 0) is 24.0 Å². The zero-order valence-electron chi connectivity index (χ0n) is 8.13. The van der Waals surface area contributed by atoms with Crippen molar-refractivity contribution in [3.63, 3.8) is 0 Å². The first kappa shape index (κ1) is 9.73. The molecule has 1 nitrogen and oxygen atoms in total. The fourth-order valence-electron chi connectivity index (χ4n) is 2.17. The number of hydrogen-bond acceptors (Lipinski definition) is 1. The zero-order chi connectivity index (χ0) is 10.2. The molecule has 0 heterocycles. The molecule has 2 rings (SSSR count). The molecule has 0 spiro atoms. The molecule has 14 heavy (non-hydrogen) atoms. The van der Waals surface area contributed by atoms with Crippen molar-refractivity contribution in [3.05, 3.63) is 34.3 Å². The van der Waals surface area contributed by atoms with E-state index in [4.69, 9.17) is 0 Å². The molecular weight excluding hydrogens is 238 g/mol. The van der Waals surface area contributed by atoms with E-state index in [1.807, 2.05) is 18.2 Å². The lowest BCUT2D eigenvalue weighted by Gasteiger charge is -2.10. The van der Waals surface area contributed by atoms with Gasteiger partial charge < -0.3 is 0 Å². The van der Waals surface area contributed by atoms with Crippen LogP contribution in [0.3, 0.4) is 0 Å². The minimum Gasteiger partial charge on any atom is -0.197 e. The summed E-state index contributed by atoms with van der Waals surface area (Å²) in [5.74, 6) is 0.547. The highest BCUT2D eigenvalue weighted by Gasteiger charge is 2.55. The second-order valence-corrected chi connectivity index (χ2v) is 4.73. The Hall–Kier alpha value is -0.810. The van der Waals surface area contributed by atoms with E-state index >= 15 is 0 Å². The first-order valence-corrected chi connectivity index (χ1v) is 5.70. The highest BCUT2D eigenvalue weighted by molar-refractivity contribution is 9.10. The maximum atomic E-state index is 9.27. The van der Waals surface area contributed by atoms with Gasteiger partial charge in [-0.15, -0.1) is 0 Å². The number of halogens is 1. The minimum atomic E-state index is -0.200. The fraction of sp³-hybridized carbons (Fsp3) is 0.417. The number of nitriles is 1. The molecule has 0 radical (unpaired) electrons. The Kier molecular flexibility index (Phi) is 2.36. The van der Waals surface area contributed by atoms with Gasteiger partial charge in [-0.25, -0.2) is 0 Å². The summed E-state index contributed by atoms with van der Waals surface area (Å²) in [6.45, 7) is 2.15. The van der Waals surface area contributed by atoms with Crippen LogP contribution >= 0.6 is 15.9 Å².